The molecule has 14 heteroatoms. The van der Waals surface area contributed by atoms with E-state index in [0.717, 1.165) is 15.2 Å². The molecule has 10 nitrogen and oxygen atoms in total. The van der Waals surface area contributed by atoms with E-state index in [0.29, 0.717) is 16.9 Å². The molecular formula is C25H24Cl2FN7O3S. The number of benzene rings is 2. The summed E-state index contributed by atoms with van der Waals surface area (Å²) in [6, 6.07) is 7.60. The highest BCUT2D eigenvalue weighted by molar-refractivity contribution is 7.18. The third-order valence-corrected chi connectivity index (χ3v) is 7.89. The molecule has 5 rings (SSSR count). The normalized spacial score (nSPS) is 22.5. The van der Waals surface area contributed by atoms with Gasteiger partial charge in [-0.25, -0.2) is 24.0 Å². The molecule has 204 valence electrons. The standard InChI is InChI=1S/C25H24Cl2FN7O3S/c1-11(29)30-25(32-14-3-4-17-22(7-14)39-12(2)31-17)20-8-19(24(37)21(10-36)38-20)35-9-18(33-34-35)13-5-15(26)23(27)16(28)6-13/h3-7,9,19-21,24,36-37H,8,10H2,1-2H3,(H2,29,30,32). The van der Waals surface area contributed by atoms with Gasteiger partial charge >= 0.3 is 0 Å². The van der Waals surface area contributed by atoms with E-state index in [1.54, 1.807) is 24.5 Å². The molecule has 4 atom stereocenters. The summed E-state index contributed by atoms with van der Waals surface area (Å²) < 4.78 is 22.6. The fourth-order valence-corrected chi connectivity index (χ4v) is 5.57. The van der Waals surface area contributed by atoms with E-state index in [-0.39, 0.29) is 28.1 Å². The van der Waals surface area contributed by atoms with Crippen molar-refractivity contribution in [3.05, 3.63) is 57.4 Å². The van der Waals surface area contributed by atoms with Crippen molar-refractivity contribution in [2.75, 3.05) is 6.61 Å². The van der Waals surface area contributed by atoms with Gasteiger partial charge in [0.25, 0.3) is 0 Å². The van der Waals surface area contributed by atoms with Crippen molar-refractivity contribution in [3.8, 4) is 11.3 Å². The van der Waals surface area contributed by atoms with Crippen molar-refractivity contribution in [1.82, 2.24) is 20.0 Å². The summed E-state index contributed by atoms with van der Waals surface area (Å²) in [5.74, 6) is -0.152. The lowest BCUT2D eigenvalue weighted by Crippen LogP contribution is -2.50. The molecule has 1 fully saturated rings. The van der Waals surface area contributed by atoms with Gasteiger partial charge in [-0.2, -0.15) is 0 Å². The van der Waals surface area contributed by atoms with Gasteiger partial charge < -0.3 is 20.7 Å². The van der Waals surface area contributed by atoms with Crippen LogP contribution >= 0.6 is 34.5 Å². The molecule has 0 aliphatic carbocycles. The maximum Gasteiger partial charge on any atom is 0.159 e. The van der Waals surface area contributed by atoms with Crippen LogP contribution in [-0.2, 0) is 4.74 Å². The second kappa shape index (κ2) is 11.2. The van der Waals surface area contributed by atoms with Gasteiger partial charge in [-0.15, -0.1) is 16.4 Å². The van der Waals surface area contributed by atoms with Crippen LogP contribution in [0, 0.1) is 12.7 Å². The van der Waals surface area contributed by atoms with Crippen LogP contribution < -0.4 is 5.73 Å². The quantitative estimate of drug-likeness (QED) is 0.176. The maximum absolute atomic E-state index is 14.2. The zero-order valence-corrected chi connectivity index (χ0v) is 23.1. The van der Waals surface area contributed by atoms with Crippen molar-refractivity contribution in [2.24, 2.45) is 15.7 Å². The zero-order chi connectivity index (χ0) is 27.8. The highest BCUT2D eigenvalue weighted by Gasteiger charge is 2.41. The Hall–Kier alpha value is -3.00. The van der Waals surface area contributed by atoms with E-state index in [4.69, 9.17) is 38.7 Å². The lowest BCUT2D eigenvalue weighted by Gasteiger charge is -2.38. The first-order valence-corrected chi connectivity index (χ1v) is 13.5. The van der Waals surface area contributed by atoms with Crippen LogP contribution in [0.3, 0.4) is 0 Å². The summed E-state index contributed by atoms with van der Waals surface area (Å²) in [7, 11) is 0. The molecule has 0 radical (unpaired) electrons. The third kappa shape index (κ3) is 5.81. The highest BCUT2D eigenvalue weighted by atomic mass is 35.5. The van der Waals surface area contributed by atoms with E-state index < -0.39 is 36.8 Å². The lowest BCUT2D eigenvalue weighted by molar-refractivity contribution is -0.137. The van der Waals surface area contributed by atoms with Gasteiger partial charge in [-0.05, 0) is 44.2 Å². The van der Waals surface area contributed by atoms with Gasteiger partial charge in [0, 0.05) is 12.0 Å². The summed E-state index contributed by atoms with van der Waals surface area (Å²) in [5.41, 5.74) is 8.10. The minimum atomic E-state index is -1.13. The predicted octanol–water partition coefficient (Wildman–Crippen LogP) is 4.47. The van der Waals surface area contributed by atoms with Crippen LogP contribution in [0.1, 0.15) is 24.4 Å². The predicted molar refractivity (Wildman–Crippen MR) is 150 cm³/mol. The van der Waals surface area contributed by atoms with E-state index in [2.05, 4.69) is 20.3 Å². The molecule has 4 unspecified atom stereocenters. The smallest absolute Gasteiger partial charge is 0.159 e. The minimum Gasteiger partial charge on any atom is -0.394 e. The first kappa shape index (κ1) is 27.6. The lowest BCUT2D eigenvalue weighted by atomic mass is 9.95. The van der Waals surface area contributed by atoms with Crippen LogP contribution in [0.2, 0.25) is 10.0 Å². The summed E-state index contributed by atoms with van der Waals surface area (Å²) >= 11 is 13.4. The van der Waals surface area contributed by atoms with Crippen LogP contribution in [0.25, 0.3) is 21.5 Å². The minimum absolute atomic E-state index is 0.0373. The molecule has 0 amide bonds. The molecule has 4 N–H and O–H groups in total. The van der Waals surface area contributed by atoms with Crippen LogP contribution in [0.5, 0.6) is 0 Å². The third-order valence-electron chi connectivity index (χ3n) is 6.18. The molecule has 0 saturated carbocycles. The number of halogens is 3. The Morgan fingerprint density at radius 1 is 1.31 bits per heavy atom. The largest absolute Gasteiger partial charge is 0.394 e. The topological polar surface area (TPSA) is 144 Å². The van der Waals surface area contributed by atoms with E-state index in [1.807, 2.05) is 25.1 Å². The van der Waals surface area contributed by atoms with Gasteiger partial charge in [-0.1, -0.05) is 28.4 Å². The van der Waals surface area contributed by atoms with E-state index in [9.17, 15) is 14.6 Å². The first-order chi connectivity index (χ1) is 18.6. The van der Waals surface area contributed by atoms with Crippen LogP contribution in [-0.4, -0.2) is 66.8 Å². The SMILES string of the molecule is CC(N)=NC(=Nc1ccc2nc(C)sc2c1)C1CC(n2cc(-c3cc(F)c(Cl)c(Cl)c3)nn2)C(O)C(CO)O1. The van der Waals surface area contributed by atoms with Crippen molar-refractivity contribution in [3.63, 3.8) is 0 Å². The van der Waals surface area contributed by atoms with Gasteiger partial charge in [0.1, 0.15) is 29.8 Å². The van der Waals surface area contributed by atoms with Crippen LogP contribution in [0.4, 0.5) is 10.1 Å². The Morgan fingerprint density at radius 2 is 2.10 bits per heavy atom. The number of nitrogens with two attached hydrogens (primary N) is 1. The number of fused-ring (bicyclic) bond motifs is 1. The van der Waals surface area contributed by atoms with Gasteiger partial charge in [0.15, 0.2) is 5.84 Å². The number of nitrogens with zero attached hydrogens (tertiary/aromatic N) is 6. The van der Waals surface area contributed by atoms with E-state index >= 15 is 0 Å². The van der Waals surface area contributed by atoms with Crippen molar-refractivity contribution in [2.45, 2.75) is 44.6 Å². The molecule has 0 bridgehead atoms. The molecule has 0 spiro atoms. The number of hydrogen-bond donors (Lipinski definition) is 3. The first-order valence-electron chi connectivity index (χ1n) is 11.9. The van der Waals surface area contributed by atoms with Gasteiger partial charge in [0.05, 0.1) is 55.6 Å². The molecule has 3 heterocycles. The molecular weight excluding hydrogens is 568 g/mol. The number of aliphatic hydroxyl groups excluding tert-OH is 2. The molecule has 4 aromatic rings. The molecule has 1 aliphatic heterocycles. The Balaban J connectivity index is 1.49. The van der Waals surface area contributed by atoms with Gasteiger partial charge in [-0.3, -0.25) is 0 Å². The number of rotatable bonds is 5. The average Bonchev–Trinajstić information content (AvgIpc) is 3.52. The second-order valence-electron chi connectivity index (χ2n) is 9.09. The molecule has 2 aromatic heterocycles. The summed E-state index contributed by atoms with van der Waals surface area (Å²) in [6.07, 6.45) is -1.10. The number of aliphatic hydroxyl groups is 2. The maximum atomic E-state index is 14.2. The summed E-state index contributed by atoms with van der Waals surface area (Å²) in [6.45, 7) is 3.10. The fraction of sp³-hybridized carbons (Fsp3) is 0.320. The number of aliphatic imine (C=N–C) groups is 2. The van der Waals surface area contributed by atoms with Crippen LogP contribution in [0.15, 0.2) is 46.5 Å². The number of aromatic nitrogens is 4. The number of aryl methyl sites for hydroxylation is 1. The van der Waals surface area contributed by atoms with Crippen molar-refractivity contribution in [1.29, 1.82) is 0 Å². The Morgan fingerprint density at radius 3 is 2.82 bits per heavy atom. The zero-order valence-electron chi connectivity index (χ0n) is 20.8. The second-order valence-corrected chi connectivity index (χ2v) is 11.1. The molecule has 39 heavy (non-hydrogen) atoms. The number of hydrogen-bond acceptors (Lipinski definition) is 8. The molecule has 1 saturated heterocycles. The number of ether oxygens (including phenoxy) is 1. The summed E-state index contributed by atoms with van der Waals surface area (Å²) in [4.78, 5) is 13.6. The molecule has 2 aromatic carbocycles. The number of thiazole rings is 1. The van der Waals surface area contributed by atoms with E-state index in [1.165, 1.54) is 16.8 Å². The molecule has 1 aliphatic rings. The van der Waals surface area contributed by atoms with Crippen molar-refractivity contribution >= 4 is 62.1 Å². The average molecular weight is 592 g/mol. The fourth-order valence-electron chi connectivity index (χ4n) is 4.39. The van der Waals surface area contributed by atoms with Gasteiger partial charge in [0.2, 0.25) is 0 Å². The summed E-state index contributed by atoms with van der Waals surface area (Å²) in [5, 5.41) is 30.1. The monoisotopic (exact) mass is 591 g/mol. The Bertz CT molecular complexity index is 1560. The van der Waals surface area contributed by atoms with Crippen molar-refractivity contribution < 1.29 is 19.3 Å². The Labute approximate surface area is 236 Å². The Kier molecular flexibility index (Phi) is 7.94. The number of amidine groups is 2. The highest BCUT2D eigenvalue weighted by Crippen LogP contribution is 2.34.